The summed E-state index contributed by atoms with van der Waals surface area (Å²) in [5, 5.41) is 3.40. The molecule has 1 aliphatic rings. The van der Waals surface area contributed by atoms with Crippen molar-refractivity contribution in [1.29, 1.82) is 0 Å². The van der Waals surface area contributed by atoms with Gasteiger partial charge in [0.15, 0.2) is 0 Å². The number of nitrogens with zero attached hydrogens (tertiary/aromatic N) is 1. The van der Waals surface area contributed by atoms with E-state index in [0.717, 1.165) is 37.4 Å². The zero-order chi connectivity index (χ0) is 11.5. The average Bonchev–Trinajstić information content (AvgIpc) is 2.28. The van der Waals surface area contributed by atoms with Gasteiger partial charge >= 0.3 is 0 Å². The molecule has 1 aromatic rings. The van der Waals surface area contributed by atoms with E-state index in [1.165, 1.54) is 0 Å². The van der Waals surface area contributed by atoms with Crippen LogP contribution < -0.4 is 15.8 Å². The SMILES string of the molecule is CCc1cc(N2CCN[C@@H](C)C2)cc(=O)[nH]1. The molecule has 88 valence electrons. The van der Waals surface area contributed by atoms with Crippen LogP contribution >= 0.6 is 0 Å². The van der Waals surface area contributed by atoms with Crippen LogP contribution in [0.5, 0.6) is 0 Å². The van der Waals surface area contributed by atoms with E-state index in [9.17, 15) is 4.79 Å². The monoisotopic (exact) mass is 221 g/mol. The number of nitrogens with one attached hydrogen (secondary N) is 2. The molecule has 1 fully saturated rings. The first kappa shape index (κ1) is 11.2. The van der Waals surface area contributed by atoms with Crippen molar-refractivity contribution in [2.75, 3.05) is 24.5 Å². The summed E-state index contributed by atoms with van der Waals surface area (Å²) < 4.78 is 0. The van der Waals surface area contributed by atoms with Gasteiger partial charge < -0.3 is 15.2 Å². The summed E-state index contributed by atoms with van der Waals surface area (Å²) in [4.78, 5) is 16.6. The highest BCUT2D eigenvalue weighted by Crippen LogP contribution is 2.14. The molecule has 0 saturated carbocycles. The molecular weight excluding hydrogens is 202 g/mol. The molecule has 0 bridgehead atoms. The molecule has 0 aromatic carbocycles. The van der Waals surface area contributed by atoms with E-state index in [4.69, 9.17) is 0 Å². The lowest BCUT2D eigenvalue weighted by Gasteiger charge is -2.33. The number of hydrogen-bond acceptors (Lipinski definition) is 3. The molecule has 0 spiro atoms. The van der Waals surface area contributed by atoms with Crippen LogP contribution in [0.15, 0.2) is 16.9 Å². The molecule has 16 heavy (non-hydrogen) atoms. The van der Waals surface area contributed by atoms with E-state index in [1.807, 2.05) is 0 Å². The van der Waals surface area contributed by atoms with Crippen LogP contribution in [-0.2, 0) is 6.42 Å². The molecule has 0 unspecified atom stereocenters. The third kappa shape index (κ3) is 2.44. The predicted octanol–water partition coefficient (Wildman–Crippen LogP) is 0.735. The van der Waals surface area contributed by atoms with Gasteiger partial charge in [-0.2, -0.15) is 0 Å². The van der Waals surface area contributed by atoms with Gasteiger partial charge in [-0.3, -0.25) is 4.79 Å². The zero-order valence-corrected chi connectivity index (χ0v) is 9.92. The average molecular weight is 221 g/mol. The molecular formula is C12H19N3O. The lowest BCUT2D eigenvalue weighted by Crippen LogP contribution is -2.49. The lowest BCUT2D eigenvalue weighted by molar-refractivity contribution is 0.484. The minimum absolute atomic E-state index is 0.000496. The molecule has 2 rings (SSSR count). The maximum absolute atomic E-state index is 11.5. The smallest absolute Gasteiger partial charge is 0.250 e. The quantitative estimate of drug-likeness (QED) is 0.774. The summed E-state index contributed by atoms with van der Waals surface area (Å²) in [7, 11) is 0. The van der Waals surface area contributed by atoms with E-state index in [0.29, 0.717) is 6.04 Å². The highest BCUT2D eigenvalue weighted by Gasteiger charge is 2.16. The van der Waals surface area contributed by atoms with Gasteiger partial charge in [0.2, 0.25) is 5.56 Å². The summed E-state index contributed by atoms with van der Waals surface area (Å²) in [5.74, 6) is 0. The first-order valence-electron chi connectivity index (χ1n) is 5.90. The van der Waals surface area contributed by atoms with Crippen molar-refractivity contribution in [2.24, 2.45) is 0 Å². The number of aryl methyl sites for hydroxylation is 1. The van der Waals surface area contributed by atoms with Crippen LogP contribution in [0.2, 0.25) is 0 Å². The summed E-state index contributed by atoms with van der Waals surface area (Å²) in [6, 6.07) is 4.26. The van der Waals surface area contributed by atoms with Crippen molar-refractivity contribution >= 4 is 5.69 Å². The number of hydrogen-bond donors (Lipinski definition) is 2. The van der Waals surface area contributed by atoms with Crippen molar-refractivity contribution in [3.05, 3.63) is 28.2 Å². The third-order valence-corrected chi connectivity index (χ3v) is 3.00. The van der Waals surface area contributed by atoms with Crippen molar-refractivity contribution in [1.82, 2.24) is 10.3 Å². The van der Waals surface area contributed by atoms with Crippen LogP contribution in [-0.4, -0.2) is 30.7 Å². The van der Waals surface area contributed by atoms with Crippen LogP contribution in [0.25, 0.3) is 0 Å². The van der Waals surface area contributed by atoms with Gasteiger partial charge in [-0.15, -0.1) is 0 Å². The van der Waals surface area contributed by atoms with E-state index in [-0.39, 0.29) is 5.56 Å². The van der Waals surface area contributed by atoms with Gasteiger partial charge in [0.25, 0.3) is 0 Å². The molecule has 1 saturated heterocycles. The Hall–Kier alpha value is -1.29. The van der Waals surface area contributed by atoms with Gasteiger partial charge in [0.05, 0.1) is 0 Å². The number of aromatic nitrogens is 1. The Morgan fingerprint density at radius 1 is 1.50 bits per heavy atom. The minimum Gasteiger partial charge on any atom is -0.368 e. The van der Waals surface area contributed by atoms with Gasteiger partial charge in [0, 0.05) is 43.1 Å². The van der Waals surface area contributed by atoms with Crippen molar-refractivity contribution in [3.8, 4) is 0 Å². The number of pyridine rings is 1. The minimum atomic E-state index is 0.000496. The number of aromatic amines is 1. The Kier molecular flexibility index (Phi) is 3.29. The zero-order valence-electron chi connectivity index (χ0n) is 9.92. The molecule has 2 heterocycles. The van der Waals surface area contributed by atoms with E-state index < -0.39 is 0 Å². The Labute approximate surface area is 95.7 Å². The summed E-state index contributed by atoms with van der Waals surface area (Å²) in [5.41, 5.74) is 2.06. The predicted molar refractivity (Wildman–Crippen MR) is 66.1 cm³/mol. The molecule has 1 aliphatic heterocycles. The molecule has 4 nitrogen and oxygen atoms in total. The largest absolute Gasteiger partial charge is 0.368 e. The Morgan fingerprint density at radius 3 is 3.00 bits per heavy atom. The van der Waals surface area contributed by atoms with Crippen LogP contribution in [0.3, 0.4) is 0 Å². The maximum atomic E-state index is 11.5. The maximum Gasteiger partial charge on any atom is 0.250 e. The number of rotatable bonds is 2. The normalized spacial score (nSPS) is 21.1. The van der Waals surface area contributed by atoms with Crippen LogP contribution in [0, 0.1) is 0 Å². The fourth-order valence-electron chi connectivity index (χ4n) is 2.12. The van der Waals surface area contributed by atoms with Gasteiger partial charge in [0.1, 0.15) is 0 Å². The van der Waals surface area contributed by atoms with Gasteiger partial charge in [-0.1, -0.05) is 6.92 Å². The molecule has 1 atom stereocenters. The van der Waals surface area contributed by atoms with Gasteiger partial charge in [-0.25, -0.2) is 0 Å². The molecule has 0 aliphatic carbocycles. The van der Waals surface area contributed by atoms with E-state index in [2.05, 4.69) is 35.1 Å². The van der Waals surface area contributed by atoms with E-state index >= 15 is 0 Å². The number of anilines is 1. The van der Waals surface area contributed by atoms with Crippen molar-refractivity contribution in [2.45, 2.75) is 26.3 Å². The fourth-order valence-corrected chi connectivity index (χ4v) is 2.12. The highest BCUT2D eigenvalue weighted by molar-refractivity contribution is 5.47. The highest BCUT2D eigenvalue weighted by atomic mass is 16.1. The standard InChI is InChI=1S/C12H19N3O/c1-3-10-6-11(7-12(16)14-10)15-5-4-13-9(2)8-15/h6-7,9,13H,3-5,8H2,1-2H3,(H,14,16)/t9-/m0/s1. The Bertz CT molecular complexity index is 413. The third-order valence-electron chi connectivity index (χ3n) is 3.00. The first-order valence-corrected chi connectivity index (χ1v) is 5.90. The van der Waals surface area contributed by atoms with Crippen molar-refractivity contribution < 1.29 is 0 Å². The summed E-state index contributed by atoms with van der Waals surface area (Å²) in [6.45, 7) is 7.13. The fraction of sp³-hybridized carbons (Fsp3) is 0.583. The second kappa shape index (κ2) is 4.70. The van der Waals surface area contributed by atoms with Crippen LogP contribution in [0.4, 0.5) is 5.69 Å². The summed E-state index contributed by atoms with van der Waals surface area (Å²) >= 11 is 0. The molecule has 2 N–H and O–H groups in total. The van der Waals surface area contributed by atoms with E-state index in [1.54, 1.807) is 6.07 Å². The second-order valence-corrected chi connectivity index (χ2v) is 4.38. The number of piperazine rings is 1. The Morgan fingerprint density at radius 2 is 2.31 bits per heavy atom. The van der Waals surface area contributed by atoms with Crippen LogP contribution in [0.1, 0.15) is 19.5 Å². The second-order valence-electron chi connectivity index (χ2n) is 4.38. The topological polar surface area (TPSA) is 48.1 Å². The first-order chi connectivity index (χ1) is 7.69. The lowest BCUT2D eigenvalue weighted by atomic mass is 10.2. The van der Waals surface area contributed by atoms with Crippen molar-refractivity contribution in [3.63, 3.8) is 0 Å². The number of H-pyrrole nitrogens is 1. The molecule has 0 radical (unpaired) electrons. The summed E-state index contributed by atoms with van der Waals surface area (Å²) in [6.07, 6.45) is 0.866. The molecule has 4 heteroatoms. The van der Waals surface area contributed by atoms with Gasteiger partial charge in [-0.05, 0) is 19.4 Å². The Balaban J connectivity index is 2.25. The molecule has 1 aromatic heterocycles. The molecule has 0 amide bonds.